The number of aryl methyl sites for hydroxylation is 1. The first kappa shape index (κ1) is 17.1. The lowest BCUT2D eigenvalue weighted by Crippen LogP contribution is -2.10. The molecule has 0 aliphatic carbocycles. The smallest absolute Gasteiger partial charge is 0.294 e. The number of para-hydroxylation sites is 1. The average Bonchev–Trinajstić information content (AvgIpc) is 3.40. The molecule has 0 aliphatic rings. The summed E-state index contributed by atoms with van der Waals surface area (Å²) in [6.07, 6.45) is 0.500. The van der Waals surface area contributed by atoms with Gasteiger partial charge in [-0.2, -0.15) is 0 Å². The molecule has 1 N–H and O–H groups in total. The van der Waals surface area contributed by atoms with E-state index < -0.39 is 0 Å². The molecule has 0 saturated heterocycles. The van der Waals surface area contributed by atoms with Gasteiger partial charge in [0.2, 0.25) is 11.5 Å². The van der Waals surface area contributed by atoms with Gasteiger partial charge in [0.1, 0.15) is 16.9 Å². The fourth-order valence-electron chi connectivity index (χ4n) is 2.86. The van der Waals surface area contributed by atoms with Crippen molar-refractivity contribution >= 4 is 45.2 Å². The molecule has 8 nitrogen and oxygen atoms in total. The summed E-state index contributed by atoms with van der Waals surface area (Å²) in [5.74, 6) is 1.41. The highest BCUT2D eigenvalue weighted by Gasteiger charge is 2.14. The van der Waals surface area contributed by atoms with Crippen LogP contribution in [0.1, 0.15) is 22.4 Å². The number of aromatic nitrogens is 5. The van der Waals surface area contributed by atoms with Crippen molar-refractivity contribution in [3.8, 4) is 0 Å². The van der Waals surface area contributed by atoms with Crippen LogP contribution in [0.15, 0.2) is 48.5 Å². The lowest BCUT2D eigenvalue weighted by Gasteiger charge is -1.98. The van der Waals surface area contributed by atoms with Crippen LogP contribution in [0, 0.1) is 6.92 Å². The molecule has 5 rings (SSSR count). The molecule has 0 amide bonds. The second-order valence-electron chi connectivity index (χ2n) is 6.07. The molecule has 0 unspecified atom stereocenters. The van der Waals surface area contributed by atoms with Crippen LogP contribution in [0.2, 0.25) is 0 Å². The lowest BCUT2D eigenvalue weighted by molar-refractivity contribution is 0.419. The number of H-pyrrole nitrogens is 1. The van der Waals surface area contributed by atoms with E-state index in [2.05, 4.69) is 25.1 Å². The van der Waals surface area contributed by atoms with Gasteiger partial charge in [-0.3, -0.25) is 4.79 Å². The summed E-state index contributed by atoms with van der Waals surface area (Å²) in [6.45, 7) is 1.96. The molecule has 28 heavy (non-hydrogen) atoms. The molecule has 1 aromatic carbocycles. The van der Waals surface area contributed by atoms with Crippen LogP contribution in [0.3, 0.4) is 0 Å². The predicted octanol–water partition coefficient (Wildman–Crippen LogP) is 3.70. The number of thiazole rings is 1. The molecule has 4 aromatic heterocycles. The highest BCUT2D eigenvalue weighted by Crippen LogP contribution is 2.26. The number of nitrogens with zero attached hydrogens (tertiary/aromatic N) is 4. The van der Waals surface area contributed by atoms with Gasteiger partial charge in [-0.05, 0) is 19.1 Å². The topological polar surface area (TPSA) is 111 Å². The summed E-state index contributed by atoms with van der Waals surface area (Å²) in [6, 6.07) is 7.44. The fraction of sp³-hybridized carbons (Fsp3) is 0.167. The van der Waals surface area contributed by atoms with Crippen molar-refractivity contribution in [2.75, 3.05) is 0 Å². The number of fused-ring (bicyclic) bond motifs is 3. The van der Waals surface area contributed by atoms with Gasteiger partial charge in [0.25, 0.3) is 10.8 Å². The van der Waals surface area contributed by atoms with Crippen molar-refractivity contribution < 1.29 is 8.83 Å². The highest BCUT2D eigenvalue weighted by molar-refractivity contribution is 7.98. The molecule has 5 aromatic rings. The summed E-state index contributed by atoms with van der Waals surface area (Å²) in [4.78, 5) is 24.0. The minimum absolute atomic E-state index is 0.230. The zero-order chi connectivity index (χ0) is 19.1. The Hall–Kier alpha value is -2.98. The number of nitrogens with one attached hydrogen (secondary N) is 1. The average molecular weight is 411 g/mol. The third-order valence-corrected chi connectivity index (χ3v) is 5.71. The third kappa shape index (κ3) is 3.20. The molecule has 0 radical (unpaired) electrons. The van der Waals surface area contributed by atoms with E-state index in [1.165, 1.54) is 11.8 Å². The van der Waals surface area contributed by atoms with E-state index >= 15 is 0 Å². The summed E-state index contributed by atoms with van der Waals surface area (Å²) in [5, 5.41) is 12.3. The molecule has 0 bridgehead atoms. The minimum atomic E-state index is -0.304. The molecular formula is C18H13N5O3S2. The van der Waals surface area contributed by atoms with Gasteiger partial charge in [0.15, 0.2) is 0 Å². The van der Waals surface area contributed by atoms with E-state index in [1.54, 1.807) is 11.3 Å². The van der Waals surface area contributed by atoms with Gasteiger partial charge < -0.3 is 13.8 Å². The molecule has 4 heterocycles. The summed E-state index contributed by atoms with van der Waals surface area (Å²) in [7, 11) is 0. The lowest BCUT2D eigenvalue weighted by atomic mass is 10.2. The van der Waals surface area contributed by atoms with Gasteiger partial charge >= 0.3 is 0 Å². The minimum Gasteiger partial charge on any atom is -0.449 e. The fourth-order valence-corrected chi connectivity index (χ4v) is 4.12. The maximum Gasteiger partial charge on any atom is 0.294 e. The quantitative estimate of drug-likeness (QED) is 0.436. The van der Waals surface area contributed by atoms with Crippen molar-refractivity contribution in [3.05, 3.63) is 62.4 Å². The Morgan fingerprint density at radius 2 is 2.07 bits per heavy atom. The van der Waals surface area contributed by atoms with E-state index in [-0.39, 0.29) is 11.1 Å². The number of rotatable bonds is 5. The summed E-state index contributed by atoms with van der Waals surface area (Å²) >= 11 is 2.90. The Morgan fingerprint density at radius 3 is 2.93 bits per heavy atom. The molecule has 0 spiro atoms. The maximum atomic E-state index is 12.3. The Bertz CT molecular complexity index is 1350. The number of hydrogen-bond donors (Lipinski definition) is 1. The monoisotopic (exact) mass is 411 g/mol. The Morgan fingerprint density at radius 1 is 1.18 bits per heavy atom. The van der Waals surface area contributed by atoms with Gasteiger partial charge in [-0.25, -0.2) is 9.97 Å². The first-order chi connectivity index (χ1) is 13.7. The van der Waals surface area contributed by atoms with Crippen LogP contribution in [-0.4, -0.2) is 25.1 Å². The molecular weight excluding hydrogens is 398 g/mol. The number of aromatic amines is 1. The van der Waals surface area contributed by atoms with Gasteiger partial charge in [-0.15, -0.1) is 21.5 Å². The molecule has 0 saturated carbocycles. The van der Waals surface area contributed by atoms with Crippen molar-refractivity contribution in [3.63, 3.8) is 0 Å². The first-order valence-electron chi connectivity index (χ1n) is 8.42. The summed E-state index contributed by atoms with van der Waals surface area (Å²) < 4.78 is 11.3. The maximum absolute atomic E-state index is 12.3. The van der Waals surface area contributed by atoms with E-state index in [0.717, 1.165) is 16.1 Å². The Labute approximate surface area is 166 Å². The zero-order valence-corrected chi connectivity index (χ0v) is 16.3. The second kappa shape index (κ2) is 6.88. The number of furan rings is 1. The molecule has 0 fully saturated rings. The first-order valence-corrected chi connectivity index (χ1v) is 10.3. The van der Waals surface area contributed by atoms with Crippen molar-refractivity contribution in [2.24, 2.45) is 0 Å². The van der Waals surface area contributed by atoms with Crippen LogP contribution < -0.4 is 5.56 Å². The standard InChI is InChI=1S/C18H13N5O3S2/c1-9-19-10(7-27-9)6-14-22-23-18(26-14)28-8-13-20-15-11-4-2-3-5-12(11)25-16(15)17(24)21-13/h2-5,7H,6,8H2,1H3,(H,20,21,24). The molecule has 140 valence electrons. The zero-order valence-electron chi connectivity index (χ0n) is 14.6. The van der Waals surface area contributed by atoms with Gasteiger partial charge in [0, 0.05) is 10.8 Å². The van der Waals surface area contributed by atoms with Gasteiger partial charge in [0.05, 0.1) is 22.9 Å². The molecule has 0 atom stereocenters. The van der Waals surface area contributed by atoms with Crippen molar-refractivity contribution in [1.29, 1.82) is 0 Å². The van der Waals surface area contributed by atoms with Crippen LogP contribution in [0.25, 0.3) is 22.1 Å². The predicted molar refractivity (Wildman–Crippen MR) is 106 cm³/mol. The SMILES string of the molecule is Cc1nc(Cc2nnc(SCc3nc4c(oc5ccccc54)c(=O)[nH]3)o2)cs1. The van der Waals surface area contributed by atoms with Crippen LogP contribution >= 0.6 is 23.1 Å². The van der Waals surface area contributed by atoms with E-state index in [0.29, 0.717) is 40.2 Å². The van der Waals surface area contributed by atoms with E-state index in [9.17, 15) is 4.79 Å². The third-order valence-electron chi connectivity index (χ3n) is 4.06. The van der Waals surface area contributed by atoms with E-state index in [4.69, 9.17) is 8.83 Å². The number of hydrogen-bond acceptors (Lipinski definition) is 9. The molecule has 0 aliphatic heterocycles. The van der Waals surface area contributed by atoms with Crippen molar-refractivity contribution in [2.45, 2.75) is 24.3 Å². The Kier molecular flexibility index (Phi) is 4.21. The van der Waals surface area contributed by atoms with Crippen molar-refractivity contribution in [1.82, 2.24) is 25.1 Å². The van der Waals surface area contributed by atoms with Crippen LogP contribution in [0.4, 0.5) is 0 Å². The summed E-state index contributed by atoms with van der Waals surface area (Å²) in [5.41, 5.74) is 2.03. The van der Waals surface area contributed by atoms with Crippen LogP contribution in [0.5, 0.6) is 0 Å². The molecule has 10 heteroatoms. The number of thioether (sulfide) groups is 1. The van der Waals surface area contributed by atoms with Gasteiger partial charge in [-0.1, -0.05) is 23.9 Å². The largest absolute Gasteiger partial charge is 0.449 e. The highest BCUT2D eigenvalue weighted by atomic mass is 32.2. The second-order valence-corrected chi connectivity index (χ2v) is 8.06. The number of benzene rings is 1. The van der Waals surface area contributed by atoms with Crippen LogP contribution in [-0.2, 0) is 12.2 Å². The Balaban J connectivity index is 1.36. The van der Waals surface area contributed by atoms with E-state index in [1.807, 2.05) is 36.6 Å². The normalized spacial score (nSPS) is 11.6.